The maximum absolute atomic E-state index is 11.9. The van der Waals surface area contributed by atoms with Gasteiger partial charge in [-0.1, -0.05) is 11.8 Å². The minimum atomic E-state index is 0.0361. The fraction of sp³-hybridized carbons (Fsp3) is 0.462. The summed E-state index contributed by atoms with van der Waals surface area (Å²) < 4.78 is 2.10. The molecule has 3 rings (SSSR count). The quantitative estimate of drug-likeness (QED) is 0.683. The lowest BCUT2D eigenvalue weighted by Gasteiger charge is -2.05. The number of fused-ring (bicyclic) bond motifs is 1. The number of aromatic nitrogens is 4. The van der Waals surface area contributed by atoms with Crippen molar-refractivity contribution in [3.63, 3.8) is 0 Å². The minimum Gasteiger partial charge on any atom is -0.334 e. The van der Waals surface area contributed by atoms with Crippen molar-refractivity contribution in [3.8, 4) is 0 Å². The van der Waals surface area contributed by atoms with Gasteiger partial charge in [0.25, 0.3) is 5.56 Å². The Hall–Kier alpha value is -1.56. The first-order valence-corrected chi connectivity index (χ1v) is 7.50. The third-order valence-corrected chi connectivity index (χ3v) is 4.32. The summed E-state index contributed by atoms with van der Waals surface area (Å²) in [7, 11) is 0. The lowest BCUT2D eigenvalue weighted by atomic mass is 10.3. The molecule has 0 saturated carbocycles. The van der Waals surface area contributed by atoms with Gasteiger partial charge in [-0.3, -0.25) is 4.79 Å². The Morgan fingerprint density at radius 3 is 3.21 bits per heavy atom. The molecule has 1 N–H and O–H groups in total. The largest absolute Gasteiger partial charge is 0.334 e. The van der Waals surface area contributed by atoms with E-state index in [9.17, 15) is 4.79 Å². The first-order chi connectivity index (χ1) is 9.28. The summed E-state index contributed by atoms with van der Waals surface area (Å²) in [5.41, 5.74) is 3.04. The van der Waals surface area contributed by atoms with Gasteiger partial charge in [-0.15, -0.1) is 0 Å². The molecular weight excluding hydrogens is 260 g/mol. The number of hydrogen-bond acceptors (Lipinski definition) is 4. The molecule has 2 heterocycles. The number of imidazole rings is 1. The zero-order valence-corrected chi connectivity index (χ0v) is 11.7. The van der Waals surface area contributed by atoms with Gasteiger partial charge in [0.05, 0.1) is 12.0 Å². The van der Waals surface area contributed by atoms with Gasteiger partial charge in [-0.2, -0.15) is 0 Å². The third-order valence-electron chi connectivity index (χ3n) is 3.42. The van der Waals surface area contributed by atoms with E-state index in [4.69, 9.17) is 0 Å². The number of nitrogens with zero attached hydrogens (tertiary/aromatic N) is 3. The Bertz CT molecular complexity index is 646. The van der Waals surface area contributed by atoms with E-state index in [1.165, 1.54) is 0 Å². The van der Waals surface area contributed by atoms with Crippen molar-refractivity contribution < 1.29 is 0 Å². The zero-order chi connectivity index (χ0) is 13.2. The molecule has 1 aliphatic rings. The number of hydrogen-bond donors (Lipinski definition) is 1. The highest BCUT2D eigenvalue weighted by atomic mass is 32.2. The fourth-order valence-electron chi connectivity index (χ4n) is 2.38. The molecule has 0 bridgehead atoms. The summed E-state index contributed by atoms with van der Waals surface area (Å²) in [5.74, 6) is 0.773. The second kappa shape index (κ2) is 5.21. The Labute approximate surface area is 115 Å². The van der Waals surface area contributed by atoms with E-state index in [1.54, 1.807) is 11.8 Å². The van der Waals surface area contributed by atoms with Crippen LogP contribution < -0.4 is 5.56 Å². The fourth-order valence-corrected chi connectivity index (χ4v) is 3.25. The summed E-state index contributed by atoms with van der Waals surface area (Å²) >= 11 is 1.56. The van der Waals surface area contributed by atoms with Gasteiger partial charge in [0.2, 0.25) is 0 Å². The van der Waals surface area contributed by atoms with Crippen LogP contribution in [0.2, 0.25) is 0 Å². The van der Waals surface area contributed by atoms with Crippen LogP contribution in [-0.4, -0.2) is 19.5 Å². The SMILES string of the molecule is CCn1cncc1CSc1nc2c(c(=O)[nH]1)CCC2. The number of thioether (sulfide) groups is 1. The summed E-state index contributed by atoms with van der Waals surface area (Å²) in [6, 6.07) is 0. The lowest BCUT2D eigenvalue weighted by molar-refractivity contribution is 0.733. The van der Waals surface area contributed by atoms with E-state index in [0.717, 1.165) is 53.7 Å². The molecular formula is C13H16N4OS. The van der Waals surface area contributed by atoms with Crippen molar-refractivity contribution in [1.82, 2.24) is 19.5 Å². The average molecular weight is 276 g/mol. The smallest absolute Gasteiger partial charge is 0.254 e. The molecule has 0 fully saturated rings. The van der Waals surface area contributed by atoms with Crippen LogP contribution in [0, 0.1) is 0 Å². The third kappa shape index (κ3) is 2.45. The molecule has 6 heteroatoms. The van der Waals surface area contributed by atoms with Crippen molar-refractivity contribution in [2.75, 3.05) is 0 Å². The van der Waals surface area contributed by atoms with Gasteiger partial charge in [-0.05, 0) is 26.2 Å². The molecule has 2 aromatic rings. The second-order valence-corrected chi connectivity index (χ2v) is 5.57. The van der Waals surface area contributed by atoms with Crippen molar-refractivity contribution in [2.24, 2.45) is 0 Å². The maximum atomic E-state index is 11.9. The van der Waals surface area contributed by atoms with Gasteiger partial charge >= 0.3 is 0 Å². The zero-order valence-electron chi connectivity index (χ0n) is 10.8. The standard InChI is InChI=1S/C13H16N4OS/c1-2-17-8-14-6-9(17)7-19-13-15-11-5-3-4-10(11)12(18)16-13/h6,8H,2-5,7H2,1H3,(H,15,16,18). The van der Waals surface area contributed by atoms with Crippen molar-refractivity contribution in [1.29, 1.82) is 0 Å². The number of H-pyrrole nitrogens is 1. The molecule has 5 nitrogen and oxygen atoms in total. The van der Waals surface area contributed by atoms with Crippen LogP contribution in [0.1, 0.15) is 30.3 Å². The van der Waals surface area contributed by atoms with Crippen molar-refractivity contribution in [3.05, 3.63) is 39.8 Å². The lowest BCUT2D eigenvalue weighted by Crippen LogP contribution is -2.15. The van der Waals surface area contributed by atoms with Crippen LogP contribution in [0.4, 0.5) is 0 Å². The summed E-state index contributed by atoms with van der Waals surface area (Å²) in [6.45, 7) is 3.00. The monoisotopic (exact) mass is 276 g/mol. The Kier molecular flexibility index (Phi) is 3.42. The van der Waals surface area contributed by atoms with Crippen LogP contribution in [0.3, 0.4) is 0 Å². The molecule has 19 heavy (non-hydrogen) atoms. The Balaban J connectivity index is 1.78. The first-order valence-electron chi connectivity index (χ1n) is 6.52. The van der Waals surface area contributed by atoms with Gasteiger partial charge in [0.15, 0.2) is 5.16 Å². The molecule has 0 aliphatic heterocycles. The topological polar surface area (TPSA) is 63.6 Å². The molecule has 0 aromatic carbocycles. The highest BCUT2D eigenvalue weighted by molar-refractivity contribution is 7.98. The number of rotatable bonds is 4. The molecule has 0 saturated heterocycles. The molecule has 1 aliphatic carbocycles. The van der Waals surface area contributed by atoms with E-state index >= 15 is 0 Å². The summed E-state index contributed by atoms with van der Waals surface area (Å²) in [5, 5.41) is 0.717. The van der Waals surface area contributed by atoms with E-state index in [2.05, 4.69) is 26.4 Å². The van der Waals surface area contributed by atoms with Crippen LogP contribution >= 0.6 is 11.8 Å². The van der Waals surface area contributed by atoms with E-state index in [-0.39, 0.29) is 5.56 Å². The molecule has 0 atom stereocenters. The van der Waals surface area contributed by atoms with E-state index in [1.807, 2.05) is 12.5 Å². The first kappa shape index (κ1) is 12.5. The van der Waals surface area contributed by atoms with Crippen LogP contribution in [0.15, 0.2) is 22.5 Å². The van der Waals surface area contributed by atoms with Crippen LogP contribution in [0.5, 0.6) is 0 Å². The van der Waals surface area contributed by atoms with E-state index in [0.29, 0.717) is 0 Å². The molecule has 0 spiro atoms. The molecule has 100 valence electrons. The number of nitrogens with one attached hydrogen (secondary N) is 1. The number of aromatic amines is 1. The second-order valence-electron chi connectivity index (χ2n) is 4.61. The van der Waals surface area contributed by atoms with Crippen molar-refractivity contribution >= 4 is 11.8 Å². The van der Waals surface area contributed by atoms with E-state index < -0.39 is 0 Å². The minimum absolute atomic E-state index is 0.0361. The molecule has 0 radical (unpaired) electrons. The van der Waals surface area contributed by atoms with Gasteiger partial charge in [0.1, 0.15) is 0 Å². The average Bonchev–Trinajstić information content (AvgIpc) is 3.04. The number of aryl methyl sites for hydroxylation is 2. The van der Waals surface area contributed by atoms with Gasteiger partial charge in [0, 0.05) is 29.8 Å². The highest BCUT2D eigenvalue weighted by Crippen LogP contribution is 2.22. The molecule has 0 unspecified atom stereocenters. The van der Waals surface area contributed by atoms with Crippen molar-refractivity contribution in [2.45, 2.75) is 43.6 Å². The molecule has 0 amide bonds. The predicted molar refractivity (Wildman–Crippen MR) is 74.3 cm³/mol. The van der Waals surface area contributed by atoms with Gasteiger partial charge < -0.3 is 9.55 Å². The summed E-state index contributed by atoms with van der Waals surface area (Å²) in [6.07, 6.45) is 6.53. The molecule has 2 aromatic heterocycles. The van der Waals surface area contributed by atoms with Crippen LogP contribution in [-0.2, 0) is 25.1 Å². The predicted octanol–water partition coefficient (Wildman–Crippen LogP) is 1.77. The normalized spacial score (nSPS) is 13.7. The Morgan fingerprint density at radius 2 is 2.37 bits per heavy atom. The summed E-state index contributed by atoms with van der Waals surface area (Å²) in [4.78, 5) is 23.4. The highest BCUT2D eigenvalue weighted by Gasteiger charge is 2.17. The van der Waals surface area contributed by atoms with Gasteiger partial charge in [-0.25, -0.2) is 9.97 Å². The van der Waals surface area contributed by atoms with Crippen LogP contribution in [0.25, 0.3) is 0 Å². The maximum Gasteiger partial charge on any atom is 0.254 e. The Morgan fingerprint density at radius 1 is 1.47 bits per heavy atom.